The van der Waals surface area contributed by atoms with Crippen molar-refractivity contribution in [1.29, 1.82) is 0 Å². The van der Waals surface area contributed by atoms with E-state index in [0.717, 1.165) is 23.5 Å². The number of aryl methyl sites for hydroxylation is 1. The van der Waals surface area contributed by atoms with Crippen LogP contribution in [0.15, 0.2) is 22.7 Å². The summed E-state index contributed by atoms with van der Waals surface area (Å²) in [6, 6.07) is 5.81. The van der Waals surface area contributed by atoms with Gasteiger partial charge in [-0.3, -0.25) is 4.79 Å². The van der Waals surface area contributed by atoms with Gasteiger partial charge in [-0.05, 0) is 24.1 Å². The average Bonchev–Trinajstić information content (AvgIpc) is 3.21. The number of fused-ring (bicyclic) bond motifs is 1. The Hall–Kier alpha value is -2.57. The maximum absolute atomic E-state index is 12.0. The van der Waals surface area contributed by atoms with Gasteiger partial charge in [-0.25, -0.2) is 0 Å². The van der Waals surface area contributed by atoms with E-state index in [1.807, 2.05) is 39.0 Å². The third-order valence-corrected chi connectivity index (χ3v) is 3.88. The topological polar surface area (TPSA) is 86.5 Å². The molecular weight excluding hydrogens is 322 g/mol. The summed E-state index contributed by atoms with van der Waals surface area (Å²) in [5, 5.41) is 6.86. The Kier molecular flexibility index (Phi) is 4.92. The van der Waals surface area contributed by atoms with E-state index < -0.39 is 0 Å². The number of aromatic nitrogens is 2. The zero-order valence-corrected chi connectivity index (χ0v) is 14.8. The van der Waals surface area contributed by atoms with Crippen molar-refractivity contribution in [2.45, 2.75) is 45.4 Å². The fraction of sp³-hybridized carbons (Fsp3) is 0.500. The largest absolute Gasteiger partial charge is 0.454 e. The second-order valence-electron chi connectivity index (χ2n) is 7.05. The molecule has 0 aliphatic carbocycles. The van der Waals surface area contributed by atoms with Gasteiger partial charge in [0, 0.05) is 24.8 Å². The Morgan fingerprint density at radius 2 is 2.00 bits per heavy atom. The van der Waals surface area contributed by atoms with Crippen molar-refractivity contribution < 1.29 is 18.8 Å². The number of carbonyl (C=O) groups excluding carboxylic acids is 1. The molecule has 1 aromatic heterocycles. The highest BCUT2D eigenvalue weighted by Gasteiger charge is 2.21. The highest BCUT2D eigenvalue weighted by atomic mass is 16.7. The van der Waals surface area contributed by atoms with Crippen molar-refractivity contribution in [3.05, 3.63) is 35.5 Å². The van der Waals surface area contributed by atoms with Gasteiger partial charge in [-0.1, -0.05) is 32.0 Å². The SMILES string of the molecule is CC(C)(C)c1noc(CCC(=O)NCCc2ccc3c(c2)OCO3)n1. The molecule has 2 heterocycles. The minimum Gasteiger partial charge on any atom is -0.454 e. The van der Waals surface area contributed by atoms with Gasteiger partial charge >= 0.3 is 0 Å². The molecule has 0 spiro atoms. The summed E-state index contributed by atoms with van der Waals surface area (Å²) in [7, 11) is 0. The number of amides is 1. The van der Waals surface area contributed by atoms with Crippen LogP contribution in [0.25, 0.3) is 0 Å². The third kappa shape index (κ3) is 4.49. The highest BCUT2D eigenvalue weighted by Crippen LogP contribution is 2.32. The molecule has 0 atom stereocenters. The first-order valence-electron chi connectivity index (χ1n) is 8.40. The van der Waals surface area contributed by atoms with Gasteiger partial charge in [0.15, 0.2) is 17.3 Å². The summed E-state index contributed by atoms with van der Waals surface area (Å²) in [5.41, 5.74) is 0.936. The number of nitrogens with zero attached hydrogens (tertiary/aromatic N) is 2. The highest BCUT2D eigenvalue weighted by molar-refractivity contribution is 5.76. The summed E-state index contributed by atoms with van der Waals surface area (Å²) in [6.07, 6.45) is 1.50. The van der Waals surface area contributed by atoms with E-state index in [2.05, 4.69) is 15.5 Å². The lowest BCUT2D eigenvalue weighted by Crippen LogP contribution is -2.25. The Morgan fingerprint density at radius 1 is 1.20 bits per heavy atom. The average molecular weight is 345 g/mol. The molecule has 1 aliphatic rings. The lowest BCUT2D eigenvalue weighted by Gasteiger charge is -2.10. The van der Waals surface area contributed by atoms with E-state index in [1.165, 1.54) is 0 Å². The number of hydrogen-bond donors (Lipinski definition) is 1. The minimum absolute atomic E-state index is 0.0312. The van der Waals surface area contributed by atoms with Crippen LogP contribution in [-0.4, -0.2) is 29.4 Å². The number of ether oxygens (including phenoxy) is 2. The molecule has 1 aliphatic heterocycles. The summed E-state index contributed by atoms with van der Waals surface area (Å²) in [5.74, 6) is 2.65. The fourth-order valence-corrected chi connectivity index (χ4v) is 2.41. The van der Waals surface area contributed by atoms with Crippen LogP contribution in [0.2, 0.25) is 0 Å². The van der Waals surface area contributed by atoms with Crippen molar-refractivity contribution in [3.63, 3.8) is 0 Å². The second-order valence-corrected chi connectivity index (χ2v) is 7.05. The number of nitrogens with one attached hydrogen (secondary N) is 1. The molecule has 25 heavy (non-hydrogen) atoms. The first-order valence-corrected chi connectivity index (χ1v) is 8.40. The van der Waals surface area contributed by atoms with E-state index in [0.29, 0.717) is 31.1 Å². The molecule has 7 heteroatoms. The zero-order chi connectivity index (χ0) is 17.9. The summed E-state index contributed by atoms with van der Waals surface area (Å²) < 4.78 is 15.8. The van der Waals surface area contributed by atoms with Crippen molar-refractivity contribution in [1.82, 2.24) is 15.5 Å². The van der Waals surface area contributed by atoms with Gasteiger partial charge in [0.05, 0.1) is 0 Å². The van der Waals surface area contributed by atoms with E-state index in [-0.39, 0.29) is 18.1 Å². The van der Waals surface area contributed by atoms with E-state index >= 15 is 0 Å². The van der Waals surface area contributed by atoms with Crippen LogP contribution in [0, 0.1) is 0 Å². The van der Waals surface area contributed by atoms with E-state index in [1.54, 1.807) is 0 Å². The van der Waals surface area contributed by atoms with Gasteiger partial charge < -0.3 is 19.3 Å². The van der Waals surface area contributed by atoms with E-state index in [4.69, 9.17) is 14.0 Å². The van der Waals surface area contributed by atoms with Crippen molar-refractivity contribution in [3.8, 4) is 11.5 Å². The van der Waals surface area contributed by atoms with Gasteiger partial charge in [0.25, 0.3) is 0 Å². The molecule has 1 aromatic carbocycles. The lowest BCUT2D eigenvalue weighted by molar-refractivity contribution is -0.121. The Bertz CT molecular complexity index is 749. The number of hydrogen-bond acceptors (Lipinski definition) is 6. The first kappa shape index (κ1) is 17.3. The van der Waals surface area contributed by atoms with Crippen LogP contribution in [0.1, 0.15) is 44.5 Å². The molecule has 1 N–H and O–H groups in total. The number of carbonyl (C=O) groups is 1. The maximum Gasteiger partial charge on any atom is 0.231 e. The van der Waals surface area contributed by atoms with Crippen molar-refractivity contribution in [2.24, 2.45) is 0 Å². The second kappa shape index (κ2) is 7.13. The number of rotatable bonds is 6. The molecule has 0 bridgehead atoms. The molecule has 0 radical (unpaired) electrons. The van der Waals surface area contributed by atoms with Gasteiger partial charge in [0.2, 0.25) is 18.6 Å². The molecule has 0 saturated heterocycles. The molecule has 7 nitrogen and oxygen atoms in total. The molecule has 0 saturated carbocycles. The minimum atomic E-state index is -0.158. The van der Waals surface area contributed by atoms with Crippen LogP contribution in [0.5, 0.6) is 11.5 Å². The monoisotopic (exact) mass is 345 g/mol. The van der Waals surface area contributed by atoms with Gasteiger partial charge in [-0.15, -0.1) is 0 Å². The molecule has 0 unspecified atom stereocenters. The molecule has 1 amide bonds. The van der Waals surface area contributed by atoms with Gasteiger partial charge in [-0.2, -0.15) is 4.98 Å². The number of benzene rings is 1. The smallest absolute Gasteiger partial charge is 0.231 e. The Balaban J connectivity index is 1.40. The lowest BCUT2D eigenvalue weighted by atomic mass is 9.96. The molecule has 2 aromatic rings. The van der Waals surface area contributed by atoms with Crippen LogP contribution in [0.3, 0.4) is 0 Å². The predicted molar refractivity (Wildman–Crippen MR) is 90.6 cm³/mol. The fourth-order valence-electron chi connectivity index (χ4n) is 2.41. The molecule has 134 valence electrons. The molecule has 0 fully saturated rings. The van der Waals surface area contributed by atoms with Crippen molar-refractivity contribution >= 4 is 5.91 Å². The quantitative estimate of drug-likeness (QED) is 0.865. The van der Waals surface area contributed by atoms with Crippen molar-refractivity contribution in [2.75, 3.05) is 13.3 Å². The summed E-state index contributed by atoms with van der Waals surface area (Å²) in [4.78, 5) is 16.3. The summed E-state index contributed by atoms with van der Waals surface area (Å²) in [6.45, 7) is 6.89. The predicted octanol–water partition coefficient (Wildman–Crippen LogP) is 2.39. The van der Waals surface area contributed by atoms with Crippen LogP contribution >= 0.6 is 0 Å². The Labute approximate surface area is 146 Å². The van der Waals surface area contributed by atoms with E-state index in [9.17, 15) is 4.79 Å². The Morgan fingerprint density at radius 3 is 2.76 bits per heavy atom. The van der Waals surface area contributed by atoms with Crippen LogP contribution in [0.4, 0.5) is 0 Å². The molecule has 3 rings (SSSR count). The van der Waals surface area contributed by atoms with Crippen LogP contribution < -0.4 is 14.8 Å². The zero-order valence-electron chi connectivity index (χ0n) is 14.8. The maximum atomic E-state index is 12.0. The first-order chi connectivity index (χ1) is 11.9. The summed E-state index contributed by atoms with van der Waals surface area (Å²) >= 11 is 0. The third-order valence-electron chi connectivity index (χ3n) is 3.88. The van der Waals surface area contributed by atoms with Crippen LogP contribution in [-0.2, 0) is 23.1 Å². The van der Waals surface area contributed by atoms with Gasteiger partial charge in [0.1, 0.15) is 0 Å². The standard InChI is InChI=1S/C18H23N3O4/c1-18(2,3)17-20-16(25-21-17)7-6-15(22)19-9-8-12-4-5-13-14(10-12)24-11-23-13/h4-5,10H,6-9,11H2,1-3H3,(H,19,22). The normalized spacial score (nSPS) is 13.1. The molecular formula is C18H23N3O4.